The Bertz CT molecular complexity index is 2700. The summed E-state index contributed by atoms with van der Waals surface area (Å²) in [6.45, 7) is 11.1. The van der Waals surface area contributed by atoms with Gasteiger partial charge in [-0.2, -0.15) is 0 Å². The Morgan fingerprint density at radius 3 is 1.96 bits per heavy atom. The van der Waals surface area contributed by atoms with Crippen molar-refractivity contribution >= 4 is 49.1 Å². The van der Waals surface area contributed by atoms with Crippen molar-refractivity contribution in [1.29, 1.82) is 0 Å². The zero-order valence-corrected chi connectivity index (χ0v) is 28.3. The van der Waals surface area contributed by atoms with E-state index in [9.17, 15) is 0 Å². The molecule has 240 valence electrons. The van der Waals surface area contributed by atoms with Gasteiger partial charge in [0.15, 0.2) is 0 Å². The van der Waals surface area contributed by atoms with Gasteiger partial charge in [0.25, 0.3) is 0 Å². The molecule has 0 amide bonds. The van der Waals surface area contributed by atoms with Crippen LogP contribution in [0.15, 0.2) is 122 Å². The highest BCUT2D eigenvalue weighted by molar-refractivity contribution is 6.12. The van der Waals surface area contributed by atoms with Gasteiger partial charge in [0.1, 0.15) is 17.1 Å². The van der Waals surface area contributed by atoms with Gasteiger partial charge < -0.3 is 4.74 Å². The van der Waals surface area contributed by atoms with E-state index < -0.39 is 0 Å². The highest BCUT2D eigenvalue weighted by Gasteiger charge is 2.22. The van der Waals surface area contributed by atoms with E-state index in [1.54, 1.807) is 0 Å². The summed E-state index contributed by atoms with van der Waals surface area (Å²) in [4.78, 5) is 9.83. The topological polar surface area (TPSA) is 49.3 Å². The SMILES string of the molecule is Cc1cnc2c3cc(Oc4ccc5c6ccccc6n(-c6nccn6-c6c(C(C)C)cccc6C(C)C)c5c4)ccc3c3ccccc3n12. The number of rotatable bonds is 6. The van der Waals surface area contributed by atoms with E-state index in [1.165, 1.54) is 27.6 Å². The fraction of sp³-hybridized carbons (Fsp3) is 0.163. The van der Waals surface area contributed by atoms with E-state index in [-0.39, 0.29) is 0 Å². The summed E-state index contributed by atoms with van der Waals surface area (Å²) in [5.41, 5.74) is 9.16. The lowest BCUT2D eigenvalue weighted by Crippen LogP contribution is -2.11. The lowest BCUT2D eigenvalue weighted by Gasteiger charge is -2.22. The fourth-order valence-corrected chi connectivity index (χ4v) is 7.63. The third-order valence-electron chi connectivity index (χ3n) is 9.89. The van der Waals surface area contributed by atoms with Gasteiger partial charge in [0.05, 0.1) is 22.2 Å². The van der Waals surface area contributed by atoms with E-state index in [1.807, 2.05) is 12.4 Å². The quantitative estimate of drug-likeness (QED) is 0.170. The van der Waals surface area contributed by atoms with Crippen molar-refractivity contribution in [2.75, 3.05) is 0 Å². The molecule has 0 spiro atoms. The lowest BCUT2D eigenvalue weighted by atomic mass is 9.92. The summed E-state index contributed by atoms with van der Waals surface area (Å²) in [7, 11) is 0. The van der Waals surface area contributed by atoms with Crippen molar-refractivity contribution in [3.8, 4) is 23.1 Å². The van der Waals surface area contributed by atoms with Gasteiger partial charge in [-0.15, -0.1) is 0 Å². The maximum Gasteiger partial charge on any atom is 0.219 e. The molecule has 49 heavy (non-hydrogen) atoms. The van der Waals surface area contributed by atoms with Crippen LogP contribution in [0.4, 0.5) is 0 Å². The molecule has 0 aliphatic heterocycles. The number of fused-ring (bicyclic) bond motifs is 9. The third-order valence-corrected chi connectivity index (χ3v) is 9.89. The molecule has 0 bridgehead atoms. The first-order chi connectivity index (χ1) is 23.9. The largest absolute Gasteiger partial charge is 0.457 e. The van der Waals surface area contributed by atoms with Gasteiger partial charge in [-0.05, 0) is 77.7 Å². The Hall–Kier alpha value is -5.88. The Morgan fingerprint density at radius 2 is 1.22 bits per heavy atom. The number of ether oxygens (including phenoxy) is 1. The highest BCUT2D eigenvalue weighted by Crippen LogP contribution is 2.39. The summed E-state index contributed by atoms with van der Waals surface area (Å²) in [5, 5.41) is 5.74. The van der Waals surface area contributed by atoms with E-state index in [0.29, 0.717) is 11.8 Å². The predicted molar refractivity (Wildman–Crippen MR) is 201 cm³/mol. The maximum atomic E-state index is 6.67. The first-order valence-corrected chi connectivity index (χ1v) is 17.1. The van der Waals surface area contributed by atoms with Crippen molar-refractivity contribution in [1.82, 2.24) is 23.5 Å². The first kappa shape index (κ1) is 29.3. The molecular weight excluding hydrogens is 603 g/mol. The van der Waals surface area contributed by atoms with Gasteiger partial charge in [0, 0.05) is 51.9 Å². The van der Waals surface area contributed by atoms with Gasteiger partial charge >= 0.3 is 0 Å². The van der Waals surface area contributed by atoms with Crippen molar-refractivity contribution in [2.45, 2.75) is 46.5 Å². The molecule has 0 radical (unpaired) electrons. The Kier molecular flexibility index (Phi) is 6.63. The number of nitrogens with zero attached hydrogens (tertiary/aromatic N) is 5. The Morgan fingerprint density at radius 1 is 0.592 bits per heavy atom. The van der Waals surface area contributed by atoms with Crippen molar-refractivity contribution < 1.29 is 4.74 Å². The number of para-hydroxylation sites is 3. The second-order valence-corrected chi connectivity index (χ2v) is 13.6. The van der Waals surface area contributed by atoms with Crippen LogP contribution in [-0.2, 0) is 0 Å². The van der Waals surface area contributed by atoms with E-state index in [4.69, 9.17) is 14.7 Å². The summed E-state index contributed by atoms with van der Waals surface area (Å²) >= 11 is 0. The molecule has 0 unspecified atom stereocenters. The molecule has 0 saturated heterocycles. The number of hydrogen-bond acceptors (Lipinski definition) is 3. The molecule has 9 rings (SSSR count). The van der Waals surface area contributed by atoms with Crippen LogP contribution in [0.3, 0.4) is 0 Å². The molecule has 6 nitrogen and oxygen atoms in total. The summed E-state index contributed by atoms with van der Waals surface area (Å²) in [5.74, 6) is 3.09. The maximum absolute atomic E-state index is 6.67. The highest BCUT2D eigenvalue weighted by atomic mass is 16.5. The van der Waals surface area contributed by atoms with E-state index in [0.717, 1.165) is 61.5 Å². The van der Waals surface area contributed by atoms with Crippen LogP contribution in [0, 0.1) is 6.92 Å². The smallest absolute Gasteiger partial charge is 0.219 e. The van der Waals surface area contributed by atoms with Crippen LogP contribution in [0.5, 0.6) is 11.5 Å². The molecule has 0 aliphatic rings. The molecule has 4 heterocycles. The summed E-state index contributed by atoms with van der Waals surface area (Å²) in [6.07, 6.45) is 5.95. The average molecular weight is 640 g/mol. The average Bonchev–Trinajstić information content (AvgIpc) is 3.83. The van der Waals surface area contributed by atoms with Gasteiger partial charge in [-0.1, -0.05) is 82.3 Å². The Labute approximate surface area is 284 Å². The van der Waals surface area contributed by atoms with Crippen LogP contribution in [0.1, 0.15) is 56.4 Å². The number of imidazole rings is 2. The summed E-state index contributed by atoms with van der Waals surface area (Å²) < 4.78 is 13.5. The zero-order chi connectivity index (χ0) is 33.4. The van der Waals surface area contributed by atoms with Gasteiger partial charge in [0.2, 0.25) is 5.95 Å². The third kappa shape index (κ3) is 4.47. The van der Waals surface area contributed by atoms with E-state index in [2.05, 4.69) is 157 Å². The lowest BCUT2D eigenvalue weighted by molar-refractivity contribution is 0.484. The van der Waals surface area contributed by atoms with Crippen molar-refractivity contribution in [3.63, 3.8) is 0 Å². The van der Waals surface area contributed by atoms with E-state index >= 15 is 0 Å². The van der Waals surface area contributed by atoms with Gasteiger partial charge in [-0.25, -0.2) is 9.97 Å². The number of pyridine rings is 1. The second-order valence-electron chi connectivity index (χ2n) is 13.6. The van der Waals surface area contributed by atoms with Crippen molar-refractivity contribution in [2.24, 2.45) is 0 Å². The number of aryl methyl sites for hydroxylation is 1. The molecule has 9 aromatic rings. The van der Waals surface area contributed by atoms with Crippen LogP contribution in [-0.4, -0.2) is 23.5 Å². The number of benzene rings is 5. The van der Waals surface area contributed by atoms with Crippen LogP contribution in [0.2, 0.25) is 0 Å². The molecule has 0 N–H and O–H groups in total. The molecule has 6 heteroatoms. The zero-order valence-electron chi connectivity index (χ0n) is 28.3. The molecule has 0 fully saturated rings. The summed E-state index contributed by atoms with van der Waals surface area (Å²) in [6, 6.07) is 36.5. The molecule has 4 aromatic heterocycles. The molecule has 0 atom stereocenters. The number of hydrogen-bond donors (Lipinski definition) is 0. The second kappa shape index (κ2) is 11.1. The predicted octanol–water partition coefficient (Wildman–Crippen LogP) is 11.3. The Balaban J connectivity index is 1.22. The monoisotopic (exact) mass is 639 g/mol. The minimum atomic E-state index is 0.356. The molecule has 5 aromatic carbocycles. The molecule has 0 aliphatic carbocycles. The normalized spacial score (nSPS) is 12.1. The minimum absolute atomic E-state index is 0.356. The van der Waals surface area contributed by atoms with Crippen molar-refractivity contribution in [3.05, 3.63) is 139 Å². The van der Waals surface area contributed by atoms with Crippen LogP contribution >= 0.6 is 0 Å². The molecular formula is C43H37N5O. The van der Waals surface area contributed by atoms with Crippen LogP contribution < -0.4 is 4.74 Å². The minimum Gasteiger partial charge on any atom is -0.457 e. The standard InChI is InChI=1S/C43H37N5O/c1-26(2)31-13-10-14-32(27(3)4)41(31)46-22-21-44-43(46)48-39-16-9-7-12-35(39)36-20-18-30(24-40(36)48)49-29-17-19-33-34-11-6-8-15-38(34)47-28(5)25-45-42(47)37(33)23-29/h6-27H,1-5H3. The van der Waals surface area contributed by atoms with Gasteiger partial charge in [-0.3, -0.25) is 13.5 Å². The fourth-order valence-electron chi connectivity index (χ4n) is 7.63. The first-order valence-electron chi connectivity index (χ1n) is 17.1. The molecule has 0 saturated carbocycles. The number of aromatic nitrogens is 5. The van der Waals surface area contributed by atoms with Crippen LogP contribution in [0.25, 0.3) is 60.8 Å².